The van der Waals surface area contributed by atoms with Gasteiger partial charge in [0, 0.05) is 6.92 Å². The Hall–Kier alpha value is -8.55. The Morgan fingerprint density at radius 1 is 0.365 bits per heavy atom. The number of aliphatic hydroxyl groups excluding tert-OH is 1. The molecule has 8 rings (SSSR count). The van der Waals surface area contributed by atoms with E-state index in [1.165, 1.54) is 72.8 Å². The number of carbonyl (C=O) groups is 7. The van der Waals surface area contributed by atoms with Gasteiger partial charge in [-0.15, -0.1) is 0 Å². The first kappa shape index (κ1) is 51.8. The van der Waals surface area contributed by atoms with E-state index < -0.39 is 116 Å². The zero-order valence-electron chi connectivity index (χ0n) is 39.4. The van der Waals surface area contributed by atoms with Crippen LogP contribution in [0.2, 0.25) is 0 Å². The van der Waals surface area contributed by atoms with Gasteiger partial charge < -0.3 is 52.5 Å². The summed E-state index contributed by atoms with van der Waals surface area (Å²) in [6, 6.07) is 46.5. The third-order valence-electron chi connectivity index (χ3n) is 11.6. The van der Waals surface area contributed by atoms with Crippen LogP contribution in [-0.2, 0) is 52.2 Å². The average Bonchev–Trinajstić information content (AvgIpc) is 3.44. The lowest BCUT2D eigenvalue weighted by molar-refractivity contribution is -0.360. The first-order valence-electron chi connectivity index (χ1n) is 23.2. The second-order valence-electron chi connectivity index (χ2n) is 16.7. The first-order valence-corrected chi connectivity index (χ1v) is 23.2. The molecule has 18 nitrogen and oxygen atoms in total. The highest BCUT2D eigenvalue weighted by Crippen LogP contribution is 2.36. The van der Waals surface area contributed by atoms with E-state index in [0.29, 0.717) is 0 Å². The summed E-state index contributed by atoms with van der Waals surface area (Å²) in [4.78, 5) is 96.1. The Kier molecular flexibility index (Phi) is 17.3. The summed E-state index contributed by atoms with van der Waals surface area (Å²) in [7, 11) is 0. The summed E-state index contributed by atoms with van der Waals surface area (Å²) in [6.45, 7) is -0.384. The van der Waals surface area contributed by atoms with Crippen LogP contribution in [0.25, 0.3) is 0 Å². The van der Waals surface area contributed by atoms with Crippen molar-refractivity contribution in [2.75, 3.05) is 13.2 Å². The highest BCUT2D eigenvalue weighted by atomic mass is 16.8. The van der Waals surface area contributed by atoms with Gasteiger partial charge in [0.25, 0.3) is 0 Å². The predicted molar refractivity (Wildman–Crippen MR) is 256 cm³/mol. The van der Waals surface area contributed by atoms with Gasteiger partial charge >= 0.3 is 41.8 Å². The molecule has 74 heavy (non-hydrogen) atoms. The molecular formula is C56H48O18. The van der Waals surface area contributed by atoms with Crippen molar-refractivity contribution in [1.29, 1.82) is 0 Å². The molecule has 2 aliphatic rings. The fourth-order valence-corrected chi connectivity index (χ4v) is 8.02. The van der Waals surface area contributed by atoms with E-state index in [4.69, 9.17) is 47.4 Å². The second kappa shape index (κ2) is 24.7. The quantitative estimate of drug-likeness (QED) is 0.0773. The van der Waals surface area contributed by atoms with Gasteiger partial charge in [-0.1, -0.05) is 109 Å². The number of hydrogen-bond acceptors (Lipinski definition) is 18. The van der Waals surface area contributed by atoms with Crippen LogP contribution in [0.4, 0.5) is 0 Å². The monoisotopic (exact) mass is 1010 g/mol. The van der Waals surface area contributed by atoms with E-state index in [1.54, 1.807) is 109 Å². The Morgan fingerprint density at radius 3 is 0.973 bits per heavy atom. The van der Waals surface area contributed by atoms with Crippen LogP contribution in [0, 0.1) is 0 Å². The second-order valence-corrected chi connectivity index (χ2v) is 16.7. The molecule has 6 aromatic carbocycles. The van der Waals surface area contributed by atoms with Crippen molar-refractivity contribution >= 4 is 41.8 Å². The topological polar surface area (TPSA) is 232 Å². The Morgan fingerprint density at radius 2 is 0.649 bits per heavy atom. The van der Waals surface area contributed by atoms with Crippen LogP contribution in [0.5, 0.6) is 0 Å². The summed E-state index contributed by atoms with van der Waals surface area (Å²) < 4.78 is 60.5. The zero-order chi connectivity index (χ0) is 52.0. The van der Waals surface area contributed by atoms with Crippen molar-refractivity contribution in [1.82, 2.24) is 0 Å². The van der Waals surface area contributed by atoms with Crippen LogP contribution in [0.1, 0.15) is 69.1 Å². The molecule has 2 heterocycles. The molecule has 0 bridgehead atoms. The van der Waals surface area contributed by atoms with Gasteiger partial charge in [-0.25, -0.2) is 28.8 Å². The summed E-state index contributed by atoms with van der Waals surface area (Å²) in [5.41, 5.74) is 0.403. The molecule has 1 N–H and O–H groups in total. The molecule has 0 aromatic heterocycles. The van der Waals surface area contributed by atoms with Crippen molar-refractivity contribution in [3.05, 3.63) is 215 Å². The maximum atomic E-state index is 14.1. The van der Waals surface area contributed by atoms with Gasteiger partial charge in [0.2, 0.25) is 0 Å². The number of hydrogen-bond donors (Lipinski definition) is 1. The Labute approximate surface area is 423 Å². The van der Waals surface area contributed by atoms with E-state index in [1.807, 2.05) is 0 Å². The summed E-state index contributed by atoms with van der Waals surface area (Å²) >= 11 is 0. The van der Waals surface area contributed by atoms with Gasteiger partial charge in [-0.3, -0.25) is 4.79 Å². The van der Waals surface area contributed by atoms with Gasteiger partial charge in [0.15, 0.2) is 49.2 Å². The first-order chi connectivity index (χ1) is 35.9. The van der Waals surface area contributed by atoms with Gasteiger partial charge in [0.05, 0.1) is 33.4 Å². The Balaban J connectivity index is 1.21. The SMILES string of the molecule is CC(=O)O[C@@H]1[C@@H](O[C@H]2[C@@H](OC(=O)c3ccccc3)[C@H](OC(=O)c3ccccc3)[C@@H](COC(=O)c3ccccc3)O[C@@H]2O)O[C@H](COC(=O)c2ccccc2)[C@@H](OC(=O)c2ccccc2)[C@@H]1OC(=O)c1ccccc1. The van der Waals surface area contributed by atoms with E-state index in [-0.39, 0.29) is 33.4 Å². The van der Waals surface area contributed by atoms with E-state index in [9.17, 15) is 38.7 Å². The lowest BCUT2D eigenvalue weighted by atomic mass is 9.96. The van der Waals surface area contributed by atoms with Crippen LogP contribution >= 0.6 is 0 Å². The lowest BCUT2D eigenvalue weighted by Crippen LogP contribution is -2.67. The van der Waals surface area contributed by atoms with Crippen LogP contribution < -0.4 is 0 Å². The highest BCUT2D eigenvalue weighted by molar-refractivity contribution is 5.92. The molecule has 2 saturated heterocycles. The molecule has 0 unspecified atom stereocenters. The molecule has 2 aliphatic heterocycles. The normalized spacial score (nSPS) is 23.2. The maximum Gasteiger partial charge on any atom is 0.338 e. The third-order valence-corrected chi connectivity index (χ3v) is 11.6. The van der Waals surface area contributed by atoms with E-state index >= 15 is 0 Å². The van der Waals surface area contributed by atoms with Crippen LogP contribution in [0.3, 0.4) is 0 Å². The van der Waals surface area contributed by atoms with E-state index in [2.05, 4.69) is 0 Å². The van der Waals surface area contributed by atoms with Crippen molar-refractivity contribution in [2.45, 2.75) is 68.3 Å². The minimum atomic E-state index is -2.18. The molecule has 6 aromatic rings. The molecule has 0 radical (unpaired) electrons. The molecule has 10 atom stereocenters. The summed E-state index contributed by atoms with van der Waals surface area (Å²) in [5, 5.41) is 12.1. The standard InChI is InChI=1S/C56H48O18/c1-34(57)67-48-46(73-54(63)40-30-18-7-19-31-40)44(71-52(61)38-26-14-5-15-27-38)42(33-66-50(59)36-22-10-3-11-23-36)69-56(48)74-47-45(72-53(62)39-28-16-6-17-29-39)43(70-51(60)37-24-12-4-13-25-37)41(68-55(47)64)32-65-49(58)35-20-8-2-9-21-35/h2-31,41-48,55-56,64H,32-33H2,1H3/t41-,42-,43-,44-,45+,46+,47+,48+,55+,56-/m1/s1. The molecule has 18 heteroatoms. The third kappa shape index (κ3) is 13.1. The molecule has 380 valence electrons. The van der Waals surface area contributed by atoms with Crippen molar-refractivity contribution in [3.8, 4) is 0 Å². The molecule has 0 spiro atoms. The van der Waals surface area contributed by atoms with Crippen molar-refractivity contribution < 1.29 is 86.0 Å². The fraction of sp³-hybridized carbons (Fsp3) is 0.232. The fourth-order valence-electron chi connectivity index (χ4n) is 8.02. The van der Waals surface area contributed by atoms with Crippen molar-refractivity contribution in [2.24, 2.45) is 0 Å². The molecule has 0 saturated carbocycles. The van der Waals surface area contributed by atoms with E-state index in [0.717, 1.165) is 6.92 Å². The maximum absolute atomic E-state index is 14.1. The van der Waals surface area contributed by atoms with Crippen LogP contribution in [-0.4, -0.2) is 122 Å². The van der Waals surface area contributed by atoms with Gasteiger partial charge in [-0.2, -0.15) is 0 Å². The largest absolute Gasteiger partial charge is 0.459 e. The number of carbonyl (C=O) groups excluding carboxylic acids is 7. The molecule has 2 fully saturated rings. The minimum absolute atomic E-state index is 0.00962. The number of benzene rings is 6. The van der Waals surface area contributed by atoms with Crippen molar-refractivity contribution in [3.63, 3.8) is 0 Å². The molecule has 0 aliphatic carbocycles. The predicted octanol–water partition coefficient (Wildman–Crippen LogP) is 6.36. The summed E-state index contributed by atoms with van der Waals surface area (Å²) in [6.07, 6.45) is -18.6. The lowest BCUT2D eigenvalue weighted by Gasteiger charge is -2.48. The number of rotatable bonds is 17. The van der Waals surface area contributed by atoms with Crippen LogP contribution in [0.15, 0.2) is 182 Å². The smallest absolute Gasteiger partial charge is 0.338 e. The zero-order valence-corrected chi connectivity index (χ0v) is 39.4. The Bertz CT molecular complexity index is 2850. The number of ether oxygens (including phenoxy) is 10. The minimum Gasteiger partial charge on any atom is -0.459 e. The molecular weight excluding hydrogens is 961 g/mol. The molecule has 0 amide bonds. The summed E-state index contributed by atoms with van der Waals surface area (Å²) in [5.74, 6) is -6.56. The highest BCUT2D eigenvalue weighted by Gasteiger charge is 2.58. The van der Waals surface area contributed by atoms with Gasteiger partial charge in [-0.05, 0) is 72.8 Å². The van der Waals surface area contributed by atoms with Gasteiger partial charge in [0.1, 0.15) is 25.4 Å². The number of aliphatic hydroxyl groups is 1. The number of esters is 7. The average molecular weight is 1010 g/mol.